The van der Waals surface area contributed by atoms with Crippen molar-refractivity contribution < 1.29 is 9.90 Å². The number of amides is 1. The van der Waals surface area contributed by atoms with Crippen LogP contribution in [0.4, 0.5) is 0 Å². The van der Waals surface area contributed by atoms with Gasteiger partial charge in [-0.3, -0.25) is 9.69 Å². The molecular weight excluding hydrogens is 298 g/mol. The molecule has 112 valence electrons. The predicted molar refractivity (Wildman–Crippen MR) is 80.1 cm³/mol. The molecule has 2 heterocycles. The van der Waals surface area contributed by atoms with Crippen LogP contribution in [0.15, 0.2) is 5.38 Å². The van der Waals surface area contributed by atoms with Gasteiger partial charge in [0.05, 0.1) is 24.6 Å². The molecule has 1 aliphatic heterocycles. The van der Waals surface area contributed by atoms with E-state index in [4.69, 9.17) is 16.7 Å². The van der Waals surface area contributed by atoms with E-state index in [9.17, 15) is 4.79 Å². The number of halogens is 1. The molecule has 1 N–H and O–H groups in total. The average Bonchev–Trinajstić information content (AvgIpc) is 2.76. The lowest BCUT2D eigenvalue weighted by atomic mass is 10.3. The van der Waals surface area contributed by atoms with Crippen LogP contribution in [0.1, 0.15) is 17.1 Å². The summed E-state index contributed by atoms with van der Waals surface area (Å²) in [6, 6.07) is 0. The number of hydrogen-bond acceptors (Lipinski definition) is 5. The highest BCUT2D eigenvalue weighted by Crippen LogP contribution is 2.14. The summed E-state index contributed by atoms with van der Waals surface area (Å²) in [6.07, 6.45) is 1.32. The minimum absolute atomic E-state index is 0.131. The smallest absolute Gasteiger partial charge is 0.229 e. The van der Waals surface area contributed by atoms with Gasteiger partial charge in [0.15, 0.2) is 0 Å². The quantitative estimate of drug-likeness (QED) is 0.822. The minimum Gasteiger partial charge on any atom is -0.395 e. The number of carbonyl (C=O) groups excluding carboxylic acids is 1. The monoisotopic (exact) mass is 317 g/mol. The third-order valence-electron chi connectivity index (χ3n) is 3.40. The number of thiazole rings is 1. The highest BCUT2D eigenvalue weighted by molar-refractivity contribution is 7.09. The molecule has 0 spiro atoms. The summed E-state index contributed by atoms with van der Waals surface area (Å²) < 4.78 is 0. The summed E-state index contributed by atoms with van der Waals surface area (Å²) in [7, 11) is 0. The standard InChI is InChI=1S/C13H20ClN3O2S/c14-9-11-10-20-12(15-11)8-13(19)17-3-1-2-16(4-5-17)6-7-18/h10,18H,1-9H2. The molecule has 0 bridgehead atoms. The Labute approximate surface area is 128 Å². The van der Waals surface area contributed by atoms with Crippen molar-refractivity contribution in [3.63, 3.8) is 0 Å². The number of rotatable bonds is 5. The van der Waals surface area contributed by atoms with E-state index >= 15 is 0 Å². The van der Waals surface area contributed by atoms with E-state index in [2.05, 4.69) is 9.88 Å². The summed E-state index contributed by atoms with van der Waals surface area (Å²) in [5.41, 5.74) is 0.837. The van der Waals surface area contributed by atoms with Crippen LogP contribution in [0.3, 0.4) is 0 Å². The number of aliphatic hydroxyl groups excluding tert-OH is 1. The second-order valence-corrected chi connectivity index (χ2v) is 6.05. The number of nitrogens with zero attached hydrogens (tertiary/aromatic N) is 3. The van der Waals surface area contributed by atoms with E-state index in [-0.39, 0.29) is 12.5 Å². The first-order valence-electron chi connectivity index (χ1n) is 6.83. The number of alkyl halides is 1. The van der Waals surface area contributed by atoms with Crippen LogP contribution in [-0.2, 0) is 17.1 Å². The van der Waals surface area contributed by atoms with Gasteiger partial charge in [0.2, 0.25) is 5.91 Å². The Hall–Kier alpha value is -0.690. The molecule has 0 aliphatic carbocycles. The normalized spacial score (nSPS) is 17.2. The molecule has 1 aromatic heterocycles. The number of aliphatic hydroxyl groups is 1. The van der Waals surface area contributed by atoms with Gasteiger partial charge in [0.25, 0.3) is 0 Å². The van der Waals surface area contributed by atoms with Crippen molar-refractivity contribution in [3.8, 4) is 0 Å². The van der Waals surface area contributed by atoms with E-state index < -0.39 is 0 Å². The van der Waals surface area contributed by atoms with E-state index in [1.807, 2.05) is 10.3 Å². The topological polar surface area (TPSA) is 56.7 Å². The molecule has 0 radical (unpaired) electrons. The molecule has 1 aliphatic rings. The Morgan fingerprint density at radius 1 is 1.40 bits per heavy atom. The van der Waals surface area contributed by atoms with Gasteiger partial charge in [-0.05, 0) is 13.0 Å². The van der Waals surface area contributed by atoms with Crippen molar-refractivity contribution in [2.24, 2.45) is 0 Å². The lowest BCUT2D eigenvalue weighted by molar-refractivity contribution is -0.130. The van der Waals surface area contributed by atoms with Gasteiger partial charge in [0.1, 0.15) is 5.01 Å². The van der Waals surface area contributed by atoms with Crippen molar-refractivity contribution in [1.82, 2.24) is 14.8 Å². The van der Waals surface area contributed by atoms with Gasteiger partial charge in [-0.2, -0.15) is 0 Å². The summed E-state index contributed by atoms with van der Waals surface area (Å²) in [5, 5.41) is 11.7. The number of hydrogen-bond donors (Lipinski definition) is 1. The first-order valence-corrected chi connectivity index (χ1v) is 8.24. The molecule has 0 saturated carbocycles. The van der Waals surface area contributed by atoms with Crippen LogP contribution >= 0.6 is 22.9 Å². The molecular formula is C13H20ClN3O2S. The third kappa shape index (κ3) is 4.41. The molecule has 20 heavy (non-hydrogen) atoms. The van der Waals surface area contributed by atoms with Gasteiger partial charge in [0, 0.05) is 31.6 Å². The predicted octanol–water partition coefficient (Wildman–Crippen LogP) is 0.951. The first-order chi connectivity index (χ1) is 9.72. The fourth-order valence-corrected chi connectivity index (χ4v) is 3.33. The second kappa shape index (κ2) is 7.93. The third-order valence-corrected chi connectivity index (χ3v) is 4.57. The maximum absolute atomic E-state index is 12.3. The van der Waals surface area contributed by atoms with Crippen molar-refractivity contribution in [1.29, 1.82) is 0 Å². The molecule has 0 unspecified atom stereocenters. The SMILES string of the molecule is O=C(Cc1nc(CCl)cs1)N1CCCN(CCO)CC1. The van der Waals surface area contributed by atoms with Crippen molar-refractivity contribution in [2.75, 3.05) is 39.3 Å². The zero-order valence-electron chi connectivity index (χ0n) is 11.4. The van der Waals surface area contributed by atoms with Gasteiger partial charge < -0.3 is 10.0 Å². The first kappa shape index (κ1) is 15.7. The summed E-state index contributed by atoms with van der Waals surface area (Å²) in [4.78, 5) is 20.7. The van der Waals surface area contributed by atoms with Gasteiger partial charge in [-0.1, -0.05) is 0 Å². The maximum atomic E-state index is 12.3. The van der Waals surface area contributed by atoms with E-state index in [0.29, 0.717) is 18.8 Å². The lowest BCUT2D eigenvalue weighted by Crippen LogP contribution is -2.36. The van der Waals surface area contributed by atoms with E-state index in [1.54, 1.807) is 0 Å². The Balaban J connectivity index is 1.85. The summed E-state index contributed by atoms with van der Waals surface area (Å²) >= 11 is 7.21. The summed E-state index contributed by atoms with van der Waals surface area (Å²) in [5.74, 6) is 0.524. The van der Waals surface area contributed by atoms with Crippen molar-refractivity contribution >= 4 is 28.8 Å². The Morgan fingerprint density at radius 2 is 2.25 bits per heavy atom. The number of carbonyl (C=O) groups is 1. The molecule has 5 nitrogen and oxygen atoms in total. The molecule has 1 aromatic rings. The van der Waals surface area contributed by atoms with Crippen molar-refractivity contribution in [2.45, 2.75) is 18.7 Å². The largest absolute Gasteiger partial charge is 0.395 e. The van der Waals surface area contributed by atoms with Crippen LogP contribution in [0.25, 0.3) is 0 Å². The average molecular weight is 318 g/mol. The molecule has 0 aromatic carbocycles. The van der Waals surface area contributed by atoms with Gasteiger partial charge in [-0.15, -0.1) is 22.9 Å². The molecule has 1 amide bonds. The molecule has 2 rings (SSSR count). The van der Waals surface area contributed by atoms with Crippen LogP contribution in [0, 0.1) is 0 Å². The highest BCUT2D eigenvalue weighted by atomic mass is 35.5. The Morgan fingerprint density at radius 3 is 2.95 bits per heavy atom. The van der Waals surface area contributed by atoms with Crippen molar-refractivity contribution in [3.05, 3.63) is 16.1 Å². The van der Waals surface area contributed by atoms with E-state index in [0.717, 1.165) is 43.3 Å². The van der Waals surface area contributed by atoms with Gasteiger partial charge >= 0.3 is 0 Å². The molecule has 7 heteroatoms. The second-order valence-electron chi connectivity index (χ2n) is 4.84. The highest BCUT2D eigenvalue weighted by Gasteiger charge is 2.19. The number of β-amino-alcohol motifs (C(OH)–C–C–N with tert-alkyl or cyclic N) is 1. The fraction of sp³-hybridized carbons (Fsp3) is 0.692. The Kier molecular flexibility index (Phi) is 6.22. The van der Waals surface area contributed by atoms with Crippen LogP contribution in [-0.4, -0.2) is 65.1 Å². The zero-order valence-corrected chi connectivity index (χ0v) is 13.0. The number of aromatic nitrogens is 1. The zero-order chi connectivity index (χ0) is 14.4. The summed E-state index contributed by atoms with van der Waals surface area (Å²) in [6.45, 7) is 4.15. The molecule has 1 fully saturated rings. The van der Waals surface area contributed by atoms with Gasteiger partial charge in [-0.25, -0.2) is 4.98 Å². The van der Waals surface area contributed by atoms with Crippen LogP contribution in [0.2, 0.25) is 0 Å². The maximum Gasteiger partial charge on any atom is 0.229 e. The minimum atomic E-state index is 0.131. The fourth-order valence-electron chi connectivity index (χ4n) is 2.32. The Bertz CT molecular complexity index is 441. The lowest BCUT2D eigenvalue weighted by Gasteiger charge is -2.21. The van der Waals surface area contributed by atoms with E-state index in [1.165, 1.54) is 11.3 Å². The molecule has 0 atom stereocenters. The molecule has 1 saturated heterocycles. The van der Waals surface area contributed by atoms with Crippen LogP contribution in [0.5, 0.6) is 0 Å². The van der Waals surface area contributed by atoms with Crippen LogP contribution < -0.4 is 0 Å².